The van der Waals surface area contributed by atoms with E-state index in [1.165, 1.54) is 0 Å². The second kappa shape index (κ2) is 4.01. The minimum absolute atomic E-state index is 0.235. The van der Waals surface area contributed by atoms with Gasteiger partial charge in [0.25, 0.3) is 0 Å². The van der Waals surface area contributed by atoms with E-state index >= 15 is 0 Å². The molecule has 1 aliphatic rings. The van der Waals surface area contributed by atoms with E-state index in [1.807, 2.05) is 25.7 Å². The molecule has 0 aromatic carbocycles. The second-order valence-corrected chi connectivity index (χ2v) is 5.08. The van der Waals surface area contributed by atoms with Gasteiger partial charge in [-0.05, 0) is 25.0 Å². The van der Waals surface area contributed by atoms with Crippen LogP contribution in [0.2, 0.25) is 0 Å². The quantitative estimate of drug-likeness (QED) is 0.837. The number of rotatable bonds is 2. The summed E-state index contributed by atoms with van der Waals surface area (Å²) in [6.07, 6.45) is 0. The predicted molar refractivity (Wildman–Crippen MR) is 65.7 cm³/mol. The molecule has 0 bridgehead atoms. The molecule has 4 nitrogen and oxygen atoms in total. The van der Waals surface area contributed by atoms with Crippen LogP contribution in [0, 0.1) is 24.2 Å². The van der Waals surface area contributed by atoms with Crippen molar-refractivity contribution < 1.29 is 5.11 Å². The standard InChI is InChI=1S/C13H17N3O/c1-9(2)13(17)7-16(8-13)12-5-11(6-14)4-10(3)15-12/h4-5,9,17H,7-8H2,1-3H3. The number of anilines is 1. The lowest BCUT2D eigenvalue weighted by Gasteiger charge is -2.49. The Morgan fingerprint density at radius 3 is 2.65 bits per heavy atom. The molecule has 0 saturated carbocycles. The summed E-state index contributed by atoms with van der Waals surface area (Å²) in [5, 5.41) is 19.1. The Hall–Kier alpha value is -1.60. The molecule has 1 N–H and O–H groups in total. The number of aryl methyl sites for hydroxylation is 1. The fraction of sp³-hybridized carbons (Fsp3) is 0.538. The Kier molecular flexibility index (Phi) is 2.80. The van der Waals surface area contributed by atoms with E-state index < -0.39 is 5.60 Å². The van der Waals surface area contributed by atoms with E-state index in [2.05, 4.69) is 11.1 Å². The molecule has 17 heavy (non-hydrogen) atoms. The molecule has 0 atom stereocenters. The summed E-state index contributed by atoms with van der Waals surface area (Å²) >= 11 is 0. The van der Waals surface area contributed by atoms with Gasteiger partial charge < -0.3 is 10.0 Å². The summed E-state index contributed by atoms with van der Waals surface area (Å²) in [7, 11) is 0. The fourth-order valence-corrected chi connectivity index (χ4v) is 2.02. The topological polar surface area (TPSA) is 60.2 Å². The number of nitriles is 1. The molecular weight excluding hydrogens is 214 g/mol. The van der Waals surface area contributed by atoms with Gasteiger partial charge in [0.05, 0.1) is 24.7 Å². The van der Waals surface area contributed by atoms with Crippen LogP contribution < -0.4 is 4.90 Å². The first-order chi connectivity index (χ1) is 7.94. The molecule has 0 aliphatic carbocycles. The van der Waals surface area contributed by atoms with Crippen molar-refractivity contribution in [3.8, 4) is 6.07 Å². The third-order valence-electron chi connectivity index (χ3n) is 3.40. The molecule has 0 amide bonds. The zero-order chi connectivity index (χ0) is 12.6. The SMILES string of the molecule is Cc1cc(C#N)cc(N2CC(O)(C(C)C)C2)n1. The van der Waals surface area contributed by atoms with Crippen molar-refractivity contribution >= 4 is 5.82 Å². The average molecular weight is 231 g/mol. The molecular formula is C13H17N3O. The van der Waals surface area contributed by atoms with Crippen molar-refractivity contribution in [2.45, 2.75) is 26.4 Å². The zero-order valence-corrected chi connectivity index (χ0v) is 10.4. The number of aliphatic hydroxyl groups is 1. The lowest BCUT2D eigenvalue weighted by molar-refractivity contribution is -0.0304. The van der Waals surface area contributed by atoms with Gasteiger partial charge in [0.1, 0.15) is 11.4 Å². The Bertz CT molecular complexity index is 470. The first kappa shape index (κ1) is 11.9. The molecule has 1 aromatic rings. The summed E-state index contributed by atoms with van der Waals surface area (Å²) < 4.78 is 0. The van der Waals surface area contributed by atoms with Gasteiger partial charge in [-0.3, -0.25) is 0 Å². The number of β-amino-alcohol motifs (C(OH)–C–C–N with tert-alkyl or cyclic N) is 1. The number of nitrogens with zero attached hydrogens (tertiary/aromatic N) is 3. The van der Waals surface area contributed by atoms with E-state index in [0.717, 1.165) is 11.5 Å². The van der Waals surface area contributed by atoms with Crippen molar-refractivity contribution in [3.63, 3.8) is 0 Å². The summed E-state index contributed by atoms with van der Waals surface area (Å²) in [6.45, 7) is 7.08. The second-order valence-electron chi connectivity index (χ2n) is 5.08. The first-order valence-electron chi connectivity index (χ1n) is 5.81. The maximum absolute atomic E-state index is 10.2. The highest BCUT2D eigenvalue weighted by molar-refractivity contribution is 5.49. The van der Waals surface area contributed by atoms with Gasteiger partial charge in [0, 0.05) is 5.69 Å². The number of pyridine rings is 1. The molecule has 2 rings (SSSR count). The van der Waals surface area contributed by atoms with Crippen LogP contribution in [0.5, 0.6) is 0 Å². The van der Waals surface area contributed by atoms with E-state index in [0.29, 0.717) is 18.7 Å². The van der Waals surface area contributed by atoms with Crippen LogP contribution in [0.15, 0.2) is 12.1 Å². The van der Waals surface area contributed by atoms with Gasteiger partial charge in [0.15, 0.2) is 0 Å². The number of aromatic nitrogens is 1. The Balaban J connectivity index is 2.17. The third kappa shape index (κ3) is 2.11. The smallest absolute Gasteiger partial charge is 0.130 e. The molecule has 1 fully saturated rings. The molecule has 2 heterocycles. The fourth-order valence-electron chi connectivity index (χ4n) is 2.02. The highest BCUT2D eigenvalue weighted by atomic mass is 16.3. The van der Waals surface area contributed by atoms with Gasteiger partial charge in [-0.2, -0.15) is 5.26 Å². The highest BCUT2D eigenvalue weighted by Crippen LogP contribution is 2.32. The lowest BCUT2D eigenvalue weighted by Crippen LogP contribution is -2.65. The van der Waals surface area contributed by atoms with E-state index in [4.69, 9.17) is 5.26 Å². The highest BCUT2D eigenvalue weighted by Gasteiger charge is 2.44. The van der Waals surface area contributed by atoms with Crippen LogP contribution >= 0.6 is 0 Å². The first-order valence-corrected chi connectivity index (χ1v) is 5.81. The van der Waals surface area contributed by atoms with E-state index in [9.17, 15) is 5.11 Å². The molecule has 1 aliphatic heterocycles. The largest absolute Gasteiger partial charge is 0.386 e. The van der Waals surface area contributed by atoms with Crippen LogP contribution in [0.25, 0.3) is 0 Å². The number of hydrogen-bond donors (Lipinski definition) is 1. The van der Waals surface area contributed by atoms with Crippen LogP contribution in [0.3, 0.4) is 0 Å². The van der Waals surface area contributed by atoms with Gasteiger partial charge >= 0.3 is 0 Å². The minimum Gasteiger partial charge on any atom is -0.386 e. The zero-order valence-electron chi connectivity index (χ0n) is 10.4. The van der Waals surface area contributed by atoms with Gasteiger partial charge in [-0.15, -0.1) is 0 Å². The normalized spacial score (nSPS) is 17.8. The van der Waals surface area contributed by atoms with Crippen LogP contribution in [-0.2, 0) is 0 Å². The monoisotopic (exact) mass is 231 g/mol. The predicted octanol–water partition coefficient (Wildman–Crippen LogP) is 1.47. The summed E-state index contributed by atoms with van der Waals surface area (Å²) in [5.74, 6) is 1.02. The molecule has 0 unspecified atom stereocenters. The van der Waals surface area contributed by atoms with Gasteiger partial charge in [0.2, 0.25) is 0 Å². The Morgan fingerprint density at radius 1 is 1.47 bits per heavy atom. The summed E-state index contributed by atoms with van der Waals surface area (Å²) in [4.78, 5) is 6.40. The van der Waals surface area contributed by atoms with Crippen molar-refractivity contribution in [2.75, 3.05) is 18.0 Å². The van der Waals surface area contributed by atoms with Crippen molar-refractivity contribution in [1.82, 2.24) is 4.98 Å². The van der Waals surface area contributed by atoms with Crippen LogP contribution in [0.4, 0.5) is 5.82 Å². The summed E-state index contributed by atoms with van der Waals surface area (Å²) in [5.41, 5.74) is 0.838. The van der Waals surface area contributed by atoms with Gasteiger partial charge in [-0.25, -0.2) is 4.98 Å². The third-order valence-corrected chi connectivity index (χ3v) is 3.40. The van der Waals surface area contributed by atoms with Gasteiger partial charge in [-0.1, -0.05) is 13.8 Å². The van der Waals surface area contributed by atoms with E-state index in [-0.39, 0.29) is 5.92 Å². The minimum atomic E-state index is -0.613. The number of hydrogen-bond acceptors (Lipinski definition) is 4. The molecule has 90 valence electrons. The van der Waals surface area contributed by atoms with Crippen LogP contribution in [0.1, 0.15) is 25.1 Å². The molecule has 4 heteroatoms. The van der Waals surface area contributed by atoms with Crippen molar-refractivity contribution in [2.24, 2.45) is 5.92 Å². The average Bonchev–Trinajstić information content (AvgIpc) is 2.23. The maximum Gasteiger partial charge on any atom is 0.130 e. The maximum atomic E-state index is 10.2. The molecule has 1 aromatic heterocycles. The van der Waals surface area contributed by atoms with E-state index in [1.54, 1.807) is 12.1 Å². The van der Waals surface area contributed by atoms with Crippen molar-refractivity contribution in [3.05, 3.63) is 23.4 Å². The Morgan fingerprint density at radius 2 is 2.12 bits per heavy atom. The molecule has 1 saturated heterocycles. The lowest BCUT2D eigenvalue weighted by atomic mass is 9.83. The van der Waals surface area contributed by atoms with Crippen molar-refractivity contribution in [1.29, 1.82) is 5.26 Å². The summed E-state index contributed by atoms with van der Waals surface area (Å²) in [6, 6.07) is 5.66. The molecule has 0 spiro atoms. The Labute approximate surface area is 102 Å². The van der Waals surface area contributed by atoms with Crippen LogP contribution in [-0.4, -0.2) is 28.8 Å². The molecule has 0 radical (unpaired) electrons.